The van der Waals surface area contributed by atoms with Crippen molar-refractivity contribution >= 4 is 11.6 Å². The monoisotopic (exact) mass is 360 g/mol. The summed E-state index contributed by atoms with van der Waals surface area (Å²) in [6, 6.07) is 5.43. The van der Waals surface area contributed by atoms with Crippen LogP contribution in [0.4, 0.5) is 8.78 Å². The third-order valence-corrected chi connectivity index (χ3v) is 5.06. The number of rotatable bonds is 6. The molecule has 1 heterocycles. The van der Waals surface area contributed by atoms with Gasteiger partial charge in [-0.15, -0.1) is 0 Å². The molecule has 1 saturated carbocycles. The first-order valence-corrected chi connectivity index (χ1v) is 8.79. The summed E-state index contributed by atoms with van der Waals surface area (Å²) in [5.74, 6) is 0.666. The molecule has 0 aromatic heterocycles. The summed E-state index contributed by atoms with van der Waals surface area (Å²) in [7, 11) is 0. The molecule has 0 radical (unpaired) electrons. The minimum Gasteiger partial charge on any atom is -0.434 e. The van der Waals surface area contributed by atoms with Crippen molar-refractivity contribution in [1.82, 2.24) is 10.6 Å². The average Bonchev–Trinajstić information content (AvgIpc) is 3.04. The van der Waals surface area contributed by atoms with Gasteiger partial charge in [0.1, 0.15) is 5.75 Å². The molecule has 2 N–H and O–H groups in total. The summed E-state index contributed by atoms with van der Waals surface area (Å²) in [4.78, 5) is 0. The lowest BCUT2D eigenvalue weighted by Gasteiger charge is -2.33. The summed E-state index contributed by atoms with van der Waals surface area (Å²) >= 11 is 6.00. The van der Waals surface area contributed by atoms with Crippen molar-refractivity contribution in [1.29, 1.82) is 0 Å². The third-order valence-electron chi connectivity index (χ3n) is 4.83. The summed E-state index contributed by atoms with van der Waals surface area (Å²) in [5.41, 5.74) is 0.654. The minimum atomic E-state index is -2.84. The molecule has 134 valence electrons. The molecule has 7 heteroatoms. The number of halogens is 3. The zero-order chi connectivity index (χ0) is 16.9. The van der Waals surface area contributed by atoms with Crippen LogP contribution in [-0.4, -0.2) is 38.5 Å². The van der Waals surface area contributed by atoms with Gasteiger partial charge in [0.05, 0.1) is 13.2 Å². The van der Waals surface area contributed by atoms with Gasteiger partial charge in [-0.2, -0.15) is 8.78 Å². The highest BCUT2D eigenvalue weighted by atomic mass is 35.5. The lowest BCUT2D eigenvalue weighted by molar-refractivity contribution is -0.0505. The van der Waals surface area contributed by atoms with Gasteiger partial charge in [0.25, 0.3) is 0 Å². The van der Waals surface area contributed by atoms with Crippen LogP contribution >= 0.6 is 11.6 Å². The van der Waals surface area contributed by atoms with Crippen LogP contribution in [-0.2, 0) is 11.3 Å². The van der Waals surface area contributed by atoms with Crippen LogP contribution in [0.1, 0.15) is 24.8 Å². The molecule has 0 bridgehead atoms. The Bertz CT molecular complexity index is 541. The zero-order valence-electron chi connectivity index (χ0n) is 13.4. The van der Waals surface area contributed by atoms with Crippen LogP contribution in [0.15, 0.2) is 18.2 Å². The summed E-state index contributed by atoms with van der Waals surface area (Å²) in [6.45, 7) is -0.00292. The maximum absolute atomic E-state index is 12.5. The first kappa shape index (κ1) is 17.9. The van der Waals surface area contributed by atoms with E-state index in [1.807, 2.05) is 0 Å². The van der Waals surface area contributed by atoms with E-state index in [1.54, 1.807) is 12.1 Å². The second-order valence-corrected chi connectivity index (χ2v) is 6.78. The highest BCUT2D eigenvalue weighted by Crippen LogP contribution is 2.31. The van der Waals surface area contributed by atoms with Crippen molar-refractivity contribution in [3.63, 3.8) is 0 Å². The van der Waals surface area contributed by atoms with Gasteiger partial charge in [0, 0.05) is 35.8 Å². The lowest BCUT2D eigenvalue weighted by atomic mass is 9.94. The van der Waals surface area contributed by atoms with E-state index < -0.39 is 6.61 Å². The number of hydrogen-bond donors (Lipinski definition) is 2. The van der Waals surface area contributed by atoms with Crippen molar-refractivity contribution in [3.05, 3.63) is 28.8 Å². The fourth-order valence-electron chi connectivity index (χ4n) is 3.72. The first-order chi connectivity index (χ1) is 11.6. The molecule has 0 spiro atoms. The molecule has 1 aromatic carbocycles. The van der Waals surface area contributed by atoms with Gasteiger partial charge in [-0.25, -0.2) is 0 Å². The molecule has 24 heavy (non-hydrogen) atoms. The van der Waals surface area contributed by atoms with E-state index in [9.17, 15) is 8.78 Å². The normalized spacial score (nSPS) is 27.6. The first-order valence-electron chi connectivity index (χ1n) is 8.41. The van der Waals surface area contributed by atoms with E-state index in [0.717, 1.165) is 39.0 Å². The van der Waals surface area contributed by atoms with Gasteiger partial charge in [-0.05, 0) is 37.0 Å². The van der Waals surface area contributed by atoms with Crippen LogP contribution in [0.25, 0.3) is 0 Å². The quantitative estimate of drug-likeness (QED) is 0.817. The van der Waals surface area contributed by atoms with E-state index in [2.05, 4.69) is 15.4 Å². The van der Waals surface area contributed by atoms with E-state index in [-0.39, 0.29) is 5.75 Å². The molecule has 1 aliphatic heterocycles. The highest BCUT2D eigenvalue weighted by Gasteiger charge is 2.34. The maximum atomic E-state index is 12.5. The molecule has 1 saturated heterocycles. The molecular weight excluding hydrogens is 338 g/mol. The molecular formula is C17H23ClF2N2O2. The van der Waals surface area contributed by atoms with Gasteiger partial charge in [0.15, 0.2) is 0 Å². The van der Waals surface area contributed by atoms with Crippen LogP contribution < -0.4 is 15.4 Å². The Hall–Kier alpha value is -0.950. The predicted molar refractivity (Wildman–Crippen MR) is 88.7 cm³/mol. The van der Waals surface area contributed by atoms with Crippen LogP contribution in [0.2, 0.25) is 5.02 Å². The Balaban J connectivity index is 1.63. The maximum Gasteiger partial charge on any atom is 0.387 e. The minimum absolute atomic E-state index is 0.176. The van der Waals surface area contributed by atoms with Gasteiger partial charge < -0.3 is 20.1 Å². The Morgan fingerprint density at radius 2 is 2.25 bits per heavy atom. The molecule has 1 aliphatic carbocycles. The van der Waals surface area contributed by atoms with E-state index in [1.165, 1.54) is 6.07 Å². The largest absolute Gasteiger partial charge is 0.434 e. The van der Waals surface area contributed by atoms with E-state index in [0.29, 0.717) is 35.1 Å². The number of ether oxygens (including phenoxy) is 2. The topological polar surface area (TPSA) is 42.5 Å². The second kappa shape index (κ2) is 8.43. The van der Waals surface area contributed by atoms with Crippen molar-refractivity contribution in [2.45, 2.75) is 44.5 Å². The Kier molecular flexibility index (Phi) is 6.27. The molecule has 2 aliphatic rings. The fraction of sp³-hybridized carbons (Fsp3) is 0.647. The molecule has 3 atom stereocenters. The van der Waals surface area contributed by atoms with Crippen molar-refractivity contribution in [2.75, 3.05) is 19.8 Å². The SMILES string of the molecule is FC(F)Oc1ccc(Cl)cc1CNC1CCCC1C1COCCN1. The Morgan fingerprint density at radius 1 is 1.38 bits per heavy atom. The predicted octanol–water partition coefficient (Wildman–Crippen LogP) is 3.19. The Morgan fingerprint density at radius 3 is 3.00 bits per heavy atom. The van der Waals surface area contributed by atoms with Gasteiger partial charge >= 0.3 is 6.61 Å². The fourth-order valence-corrected chi connectivity index (χ4v) is 3.92. The van der Waals surface area contributed by atoms with Crippen LogP contribution in [0, 0.1) is 5.92 Å². The van der Waals surface area contributed by atoms with Gasteiger partial charge in [-0.3, -0.25) is 0 Å². The van der Waals surface area contributed by atoms with Gasteiger partial charge in [0.2, 0.25) is 0 Å². The summed E-state index contributed by atoms with van der Waals surface area (Å²) in [5, 5.41) is 7.55. The number of nitrogens with one attached hydrogen (secondary N) is 2. The molecule has 3 rings (SSSR count). The van der Waals surface area contributed by atoms with Crippen LogP contribution in [0.5, 0.6) is 5.75 Å². The average molecular weight is 361 g/mol. The summed E-state index contributed by atoms with van der Waals surface area (Å²) < 4.78 is 35.3. The standard InChI is InChI=1S/C17H23ClF2N2O2/c18-12-4-5-16(24-17(19)20)11(8-12)9-22-14-3-1-2-13(14)15-10-23-7-6-21-15/h4-5,8,13-15,17,21-22H,1-3,6-7,9-10H2. The highest BCUT2D eigenvalue weighted by molar-refractivity contribution is 6.30. The summed E-state index contributed by atoms with van der Waals surface area (Å²) in [6.07, 6.45) is 3.39. The number of benzene rings is 1. The Labute approximate surface area is 145 Å². The van der Waals surface area contributed by atoms with E-state index >= 15 is 0 Å². The van der Waals surface area contributed by atoms with E-state index in [4.69, 9.17) is 16.3 Å². The number of morpholine rings is 1. The van der Waals surface area contributed by atoms with Crippen molar-refractivity contribution in [3.8, 4) is 5.75 Å². The van der Waals surface area contributed by atoms with Crippen molar-refractivity contribution in [2.24, 2.45) is 5.92 Å². The number of alkyl halides is 2. The number of hydrogen-bond acceptors (Lipinski definition) is 4. The third kappa shape index (κ3) is 4.57. The molecule has 0 amide bonds. The van der Waals surface area contributed by atoms with Gasteiger partial charge in [-0.1, -0.05) is 18.0 Å². The second-order valence-electron chi connectivity index (χ2n) is 6.35. The molecule has 2 fully saturated rings. The van der Waals surface area contributed by atoms with Crippen LogP contribution in [0.3, 0.4) is 0 Å². The molecule has 4 nitrogen and oxygen atoms in total. The smallest absolute Gasteiger partial charge is 0.387 e. The lowest BCUT2D eigenvalue weighted by Crippen LogP contribution is -2.50. The van der Waals surface area contributed by atoms with Crippen molar-refractivity contribution < 1.29 is 18.3 Å². The zero-order valence-corrected chi connectivity index (χ0v) is 14.2. The molecule has 1 aromatic rings. The molecule has 3 unspecified atom stereocenters.